The van der Waals surface area contributed by atoms with E-state index in [1.807, 2.05) is 6.07 Å². The number of ether oxygens (including phenoxy) is 1. The van der Waals surface area contributed by atoms with Crippen LogP contribution in [0.25, 0.3) is 0 Å². The van der Waals surface area contributed by atoms with Crippen LogP contribution in [0.1, 0.15) is 30.4 Å². The van der Waals surface area contributed by atoms with Gasteiger partial charge >= 0.3 is 0 Å². The van der Waals surface area contributed by atoms with Gasteiger partial charge in [0, 0.05) is 5.56 Å². The summed E-state index contributed by atoms with van der Waals surface area (Å²) >= 11 is 0. The molecule has 1 unspecified atom stereocenters. The number of hydrogen-bond acceptors (Lipinski definition) is 4. The van der Waals surface area contributed by atoms with Gasteiger partial charge in [0.05, 0.1) is 11.0 Å². The lowest BCUT2D eigenvalue weighted by Crippen LogP contribution is -2.68. The molecule has 1 fully saturated rings. The van der Waals surface area contributed by atoms with E-state index in [9.17, 15) is 15.3 Å². The topological polar surface area (TPSA) is 69.9 Å². The molecule has 110 valence electrons. The summed E-state index contributed by atoms with van der Waals surface area (Å²) in [5, 5.41) is 32.0. The Bertz CT molecular complexity index is 682. The average Bonchev–Trinajstić information content (AvgIpc) is 2.80. The number of aliphatic hydroxyl groups excluding tert-OH is 1. The number of benzene rings is 1. The molecule has 4 nitrogen and oxygen atoms in total. The summed E-state index contributed by atoms with van der Waals surface area (Å²) in [7, 11) is 0. The summed E-state index contributed by atoms with van der Waals surface area (Å²) in [4.78, 5) is 0. The van der Waals surface area contributed by atoms with E-state index in [0.29, 0.717) is 5.75 Å². The molecule has 21 heavy (non-hydrogen) atoms. The normalized spacial score (nSPS) is 45.1. The van der Waals surface area contributed by atoms with Gasteiger partial charge in [0.2, 0.25) is 0 Å². The van der Waals surface area contributed by atoms with Crippen LogP contribution >= 0.6 is 0 Å². The predicted molar refractivity (Wildman–Crippen MR) is 75.3 cm³/mol. The van der Waals surface area contributed by atoms with Crippen LogP contribution in [0.4, 0.5) is 0 Å². The standard InChI is InChI=1S/C17H18O4/c18-11-4-3-9-8-10-2-1-6-16-13(9)14(11)21-15(16)12(19)5-7-17(10,16)20/h3-5,7,10,12,15,18-20H,1-2,6,8H2/t10-,12?,15+,16+,17-/m1/s1. The van der Waals surface area contributed by atoms with Crippen molar-refractivity contribution in [2.75, 3.05) is 0 Å². The number of phenols is 1. The van der Waals surface area contributed by atoms with Gasteiger partial charge in [-0.25, -0.2) is 0 Å². The second kappa shape index (κ2) is 3.45. The monoisotopic (exact) mass is 286 g/mol. The predicted octanol–water partition coefficient (Wildman–Crippen LogP) is 1.41. The maximum absolute atomic E-state index is 11.5. The fraction of sp³-hybridized carbons (Fsp3) is 0.529. The lowest BCUT2D eigenvalue weighted by Gasteiger charge is -2.58. The second-order valence-corrected chi connectivity index (χ2v) is 6.93. The molecular weight excluding hydrogens is 268 g/mol. The van der Waals surface area contributed by atoms with Crippen molar-refractivity contribution in [2.24, 2.45) is 5.92 Å². The van der Waals surface area contributed by atoms with Crippen LogP contribution in [0.2, 0.25) is 0 Å². The highest BCUT2D eigenvalue weighted by Gasteiger charge is 2.70. The Labute approximate surface area is 122 Å². The van der Waals surface area contributed by atoms with Crippen LogP contribution in [-0.2, 0) is 11.8 Å². The fourth-order valence-electron chi connectivity index (χ4n) is 5.38. The Morgan fingerprint density at radius 2 is 2.14 bits per heavy atom. The molecule has 0 amide bonds. The number of hydrogen-bond donors (Lipinski definition) is 3. The summed E-state index contributed by atoms with van der Waals surface area (Å²) < 4.78 is 5.98. The molecule has 0 radical (unpaired) electrons. The molecule has 5 rings (SSSR count). The SMILES string of the molecule is Oc1ccc2c3c1O[C@H]1C(O)C=C[C@@]4(O)[C@H](CCC[C@]314)C2. The maximum Gasteiger partial charge on any atom is 0.165 e. The minimum absolute atomic E-state index is 0.107. The molecule has 1 spiro atoms. The zero-order valence-corrected chi connectivity index (χ0v) is 11.6. The molecule has 4 heteroatoms. The van der Waals surface area contributed by atoms with Gasteiger partial charge in [0.15, 0.2) is 11.5 Å². The highest BCUT2D eigenvalue weighted by atomic mass is 16.5. The molecule has 5 atom stereocenters. The highest BCUT2D eigenvalue weighted by molar-refractivity contribution is 5.63. The third kappa shape index (κ3) is 1.10. The molecule has 1 aliphatic heterocycles. The third-order valence-corrected chi connectivity index (χ3v) is 6.18. The Morgan fingerprint density at radius 1 is 1.29 bits per heavy atom. The Hall–Kier alpha value is -1.52. The van der Waals surface area contributed by atoms with Crippen molar-refractivity contribution in [1.82, 2.24) is 0 Å². The lowest BCUT2D eigenvalue weighted by atomic mass is 9.47. The fourth-order valence-corrected chi connectivity index (χ4v) is 5.38. The van der Waals surface area contributed by atoms with Crippen molar-refractivity contribution in [2.45, 2.75) is 48.9 Å². The first kappa shape index (κ1) is 12.1. The van der Waals surface area contributed by atoms with E-state index in [-0.39, 0.29) is 11.7 Å². The van der Waals surface area contributed by atoms with E-state index in [4.69, 9.17) is 4.74 Å². The van der Waals surface area contributed by atoms with Crippen molar-refractivity contribution >= 4 is 0 Å². The molecular formula is C17H18O4. The molecule has 2 bridgehead atoms. The number of rotatable bonds is 0. The van der Waals surface area contributed by atoms with Crippen LogP contribution in [0.15, 0.2) is 24.3 Å². The lowest BCUT2D eigenvalue weighted by molar-refractivity contribution is -0.137. The second-order valence-electron chi connectivity index (χ2n) is 6.93. The van der Waals surface area contributed by atoms with Gasteiger partial charge in [-0.1, -0.05) is 24.6 Å². The van der Waals surface area contributed by atoms with Crippen LogP contribution in [-0.4, -0.2) is 33.1 Å². The van der Waals surface area contributed by atoms with E-state index in [0.717, 1.165) is 36.8 Å². The number of aliphatic hydroxyl groups is 2. The first-order valence-electron chi connectivity index (χ1n) is 7.70. The molecule has 1 aromatic rings. The number of aromatic hydroxyl groups is 1. The first-order valence-corrected chi connectivity index (χ1v) is 7.70. The summed E-state index contributed by atoms with van der Waals surface area (Å²) in [5.74, 6) is 0.735. The van der Waals surface area contributed by atoms with Crippen molar-refractivity contribution in [3.63, 3.8) is 0 Å². The molecule has 1 saturated carbocycles. The molecule has 1 heterocycles. The van der Waals surface area contributed by atoms with Crippen molar-refractivity contribution in [3.8, 4) is 11.5 Å². The Morgan fingerprint density at radius 3 is 3.00 bits per heavy atom. The van der Waals surface area contributed by atoms with Crippen LogP contribution in [0, 0.1) is 5.92 Å². The van der Waals surface area contributed by atoms with Crippen molar-refractivity contribution < 1.29 is 20.1 Å². The Balaban J connectivity index is 1.90. The van der Waals surface area contributed by atoms with Crippen LogP contribution in [0.5, 0.6) is 11.5 Å². The molecule has 1 aromatic carbocycles. The molecule has 3 aliphatic carbocycles. The molecule has 0 aromatic heterocycles. The minimum Gasteiger partial charge on any atom is -0.504 e. The van der Waals surface area contributed by atoms with Crippen LogP contribution in [0.3, 0.4) is 0 Å². The van der Waals surface area contributed by atoms with E-state index >= 15 is 0 Å². The Kier molecular flexibility index (Phi) is 1.98. The number of phenolic OH excluding ortho intramolecular Hbond substituents is 1. The van der Waals surface area contributed by atoms with Crippen molar-refractivity contribution in [1.29, 1.82) is 0 Å². The minimum atomic E-state index is -0.971. The molecule has 3 N–H and O–H groups in total. The van der Waals surface area contributed by atoms with Gasteiger partial charge < -0.3 is 20.1 Å². The summed E-state index contributed by atoms with van der Waals surface area (Å²) in [6.07, 6.45) is 5.80. The van der Waals surface area contributed by atoms with E-state index in [1.54, 1.807) is 18.2 Å². The van der Waals surface area contributed by atoms with Gasteiger partial charge in [-0.15, -0.1) is 0 Å². The zero-order valence-electron chi connectivity index (χ0n) is 11.6. The first-order chi connectivity index (χ1) is 10.1. The smallest absolute Gasteiger partial charge is 0.165 e. The average molecular weight is 286 g/mol. The summed E-state index contributed by atoms with van der Waals surface area (Å²) in [5.41, 5.74) is 0.518. The third-order valence-electron chi connectivity index (χ3n) is 6.18. The summed E-state index contributed by atoms with van der Waals surface area (Å²) in [6, 6.07) is 3.62. The van der Waals surface area contributed by atoms with Gasteiger partial charge in [0.25, 0.3) is 0 Å². The quantitative estimate of drug-likeness (QED) is 0.631. The molecule has 4 aliphatic rings. The zero-order chi connectivity index (χ0) is 14.4. The van der Waals surface area contributed by atoms with E-state index < -0.39 is 23.2 Å². The maximum atomic E-state index is 11.5. The van der Waals surface area contributed by atoms with E-state index in [2.05, 4.69) is 0 Å². The van der Waals surface area contributed by atoms with Gasteiger partial charge in [-0.2, -0.15) is 0 Å². The van der Waals surface area contributed by atoms with Gasteiger partial charge in [0.1, 0.15) is 12.2 Å². The molecule has 0 saturated heterocycles. The van der Waals surface area contributed by atoms with Gasteiger partial charge in [-0.3, -0.25) is 0 Å². The summed E-state index contributed by atoms with van der Waals surface area (Å²) in [6.45, 7) is 0. The van der Waals surface area contributed by atoms with Crippen molar-refractivity contribution in [3.05, 3.63) is 35.4 Å². The largest absolute Gasteiger partial charge is 0.504 e. The highest BCUT2D eigenvalue weighted by Crippen LogP contribution is 2.65. The van der Waals surface area contributed by atoms with E-state index in [1.165, 1.54) is 0 Å². The van der Waals surface area contributed by atoms with Crippen LogP contribution < -0.4 is 4.74 Å². The van der Waals surface area contributed by atoms with Gasteiger partial charge in [-0.05, 0) is 36.8 Å².